The molecule has 0 unspecified atom stereocenters. The quantitative estimate of drug-likeness (QED) is 0.340. The minimum absolute atomic E-state index is 0.0841. The molecule has 0 saturated heterocycles. The van der Waals surface area contributed by atoms with E-state index in [1.54, 1.807) is 30.3 Å². The number of rotatable bonds is 7. The maximum Gasteiger partial charge on any atom is 0.270 e. The number of nitrogens with zero attached hydrogens (tertiary/aromatic N) is 2. The molecule has 0 aromatic heterocycles. The lowest BCUT2D eigenvalue weighted by Crippen LogP contribution is -2.24. The van der Waals surface area contributed by atoms with E-state index < -0.39 is 23.2 Å². The van der Waals surface area contributed by atoms with E-state index in [9.17, 15) is 19.7 Å². The molecule has 0 fully saturated rings. The normalized spacial score (nSPS) is 10.3. The van der Waals surface area contributed by atoms with Crippen molar-refractivity contribution in [3.8, 4) is 5.75 Å². The second kappa shape index (κ2) is 8.92. The van der Waals surface area contributed by atoms with Crippen molar-refractivity contribution in [3.05, 3.63) is 64.2 Å². The van der Waals surface area contributed by atoms with E-state index in [0.717, 1.165) is 0 Å². The van der Waals surface area contributed by atoms with Crippen molar-refractivity contribution in [3.63, 3.8) is 0 Å². The third-order valence-corrected chi connectivity index (χ3v) is 3.18. The first-order chi connectivity index (χ1) is 12.5. The lowest BCUT2D eigenvalue weighted by atomic mass is 10.2. The second-order valence-corrected chi connectivity index (χ2v) is 5.10. The van der Waals surface area contributed by atoms with Crippen LogP contribution in [0.15, 0.2) is 53.6 Å². The molecule has 0 radical (unpaired) electrons. The summed E-state index contributed by atoms with van der Waals surface area (Å²) in [6, 6.07) is 12.4. The van der Waals surface area contributed by atoms with Crippen LogP contribution in [-0.4, -0.2) is 30.1 Å². The highest BCUT2D eigenvalue weighted by molar-refractivity contribution is 6.03. The molecule has 0 aliphatic heterocycles. The second-order valence-electron chi connectivity index (χ2n) is 5.10. The number of ether oxygens (including phenoxy) is 1. The van der Waals surface area contributed by atoms with E-state index >= 15 is 0 Å². The zero-order chi connectivity index (χ0) is 18.9. The lowest BCUT2D eigenvalue weighted by Gasteiger charge is -2.05. The highest BCUT2D eigenvalue weighted by Gasteiger charge is 2.09. The highest BCUT2D eigenvalue weighted by atomic mass is 16.6. The Bertz CT molecular complexity index is 833. The number of methoxy groups -OCH3 is 1. The van der Waals surface area contributed by atoms with Crippen LogP contribution < -0.4 is 15.5 Å². The molecule has 2 N–H and O–H groups in total. The summed E-state index contributed by atoms with van der Waals surface area (Å²) in [7, 11) is 1.53. The Labute approximate surface area is 148 Å². The van der Waals surface area contributed by atoms with Crippen LogP contribution in [0.4, 0.5) is 11.4 Å². The molecule has 134 valence electrons. The SMILES string of the molecule is COc1ccc(NC(=O)CC(=O)NN=Cc2cccc([N+](=O)[O-])c2)cc1. The van der Waals surface area contributed by atoms with Crippen molar-refractivity contribution >= 4 is 29.4 Å². The van der Waals surface area contributed by atoms with Crippen LogP contribution in [0.5, 0.6) is 5.75 Å². The number of carbonyl (C=O) groups is 2. The minimum Gasteiger partial charge on any atom is -0.497 e. The summed E-state index contributed by atoms with van der Waals surface area (Å²) in [6.45, 7) is 0. The monoisotopic (exact) mass is 356 g/mol. The van der Waals surface area contributed by atoms with Gasteiger partial charge < -0.3 is 10.1 Å². The number of nitro groups is 1. The topological polar surface area (TPSA) is 123 Å². The smallest absolute Gasteiger partial charge is 0.270 e. The van der Waals surface area contributed by atoms with Gasteiger partial charge in [0.25, 0.3) is 5.69 Å². The van der Waals surface area contributed by atoms with Crippen LogP contribution in [0.2, 0.25) is 0 Å². The van der Waals surface area contributed by atoms with Gasteiger partial charge in [0.2, 0.25) is 11.8 Å². The fraction of sp³-hybridized carbons (Fsp3) is 0.118. The van der Waals surface area contributed by atoms with Gasteiger partial charge in [0.05, 0.1) is 18.2 Å². The van der Waals surface area contributed by atoms with Gasteiger partial charge in [-0.15, -0.1) is 0 Å². The molecular formula is C17H16N4O5. The molecule has 0 spiro atoms. The summed E-state index contributed by atoms with van der Waals surface area (Å²) in [6.07, 6.45) is 0.838. The Morgan fingerprint density at radius 3 is 2.58 bits per heavy atom. The molecule has 0 atom stereocenters. The summed E-state index contributed by atoms with van der Waals surface area (Å²) in [5.74, 6) is -0.466. The molecule has 2 rings (SSSR count). The summed E-state index contributed by atoms with van der Waals surface area (Å²) in [4.78, 5) is 33.6. The van der Waals surface area contributed by atoms with Crippen molar-refractivity contribution in [1.82, 2.24) is 5.43 Å². The van der Waals surface area contributed by atoms with E-state index in [0.29, 0.717) is 17.0 Å². The fourth-order valence-corrected chi connectivity index (χ4v) is 1.96. The van der Waals surface area contributed by atoms with Crippen LogP contribution in [0.25, 0.3) is 0 Å². The predicted octanol–water partition coefficient (Wildman–Crippen LogP) is 2.08. The summed E-state index contributed by atoms with van der Waals surface area (Å²) in [5.41, 5.74) is 3.09. The van der Waals surface area contributed by atoms with Gasteiger partial charge in [0.1, 0.15) is 12.2 Å². The van der Waals surface area contributed by atoms with E-state index in [-0.39, 0.29) is 5.69 Å². The number of hydrogen-bond donors (Lipinski definition) is 2. The molecule has 9 nitrogen and oxygen atoms in total. The average molecular weight is 356 g/mol. The minimum atomic E-state index is -0.613. The third kappa shape index (κ3) is 5.71. The number of carbonyl (C=O) groups excluding carboxylic acids is 2. The maximum atomic E-state index is 11.8. The van der Waals surface area contributed by atoms with Gasteiger partial charge in [-0.2, -0.15) is 5.10 Å². The van der Waals surface area contributed by atoms with Gasteiger partial charge in [-0.1, -0.05) is 12.1 Å². The first-order valence-corrected chi connectivity index (χ1v) is 7.48. The standard InChI is InChI=1S/C17H16N4O5/c1-26-15-7-5-13(6-8-15)19-16(22)10-17(23)20-18-11-12-3-2-4-14(9-12)21(24)25/h2-9,11H,10H2,1H3,(H,19,22)(H,20,23). The molecule has 9 heteroatoms. The molecule has 0 heterocycles. The van der Waals surface area contributed by atoms with Crippen LogP contribution in [-0.2, 0) is 9.59 Å². The fourth-order valence-electron chi connectivity index (χ4n) is 1.96. The molecule has 2 aromatic carbocycles. The van der Waals surface area contributed by atoms with Crippen LogP contribution >= 0.6 is 0 Å². The van der Waals surface area contributed by atoms with E-state index in [2.05, 4.69) is 15.8 Å². The van der Waals surface area contributed by atoms with E-state index in [4.69, 9.17) is 4.74 Å². The number of hydrazone groups is 1. The Hall–Kier alpha value is -3.75. The van der Waals surface area contributed by atoms with Crippen molar-refractivity contribution in [2.24, 2.45) is 5.10 Å². The maximum absolute atomic E-state index is 11.8. The number of nitrogens with one attached hydrogen (secondary N) is 2. The molecule has 2 amide bonds. The third-order valence-electron chi connectivity index (χ3n) is 3.18. The van der Waals surface area contributed by atoms with Crippen LogP contribution in [0.1, 0.15) is 12.0 Å². The molecule has 0 aliphatic rings. The summed E-state index contributed by atoms with van der Waals surface area (Å²) in [5, 5.41) is 16.9. The van der Waals surface area contributed by atoms with Gasteiger partial charge in [0, 0.05) is 23.4 Å². The largest absolute Gasteiger partial charge is 0.497 e. The van der Waals surface area contributed by atoms with Crippen LogP contribution in [0, 0.1) is 10.1 Å². The Kier molecular flexibility index (Phi) is 6.38. The Morgan fingerprint density at radius 2 is 1.92 bits per heavy atom. The molecule has 2 aromatic rings. The molecule has 26 heavy (non-hydrogen) atoms. The summed E-state index contributed by atoms with van der Waals surface area (Å²) >= 11 is 0. The first-order valence-electron chi connectivity index (χ1n) is 7.48. The molecule has 0 bridgehead atoms. The highest BCUT2D eigenvalue weighted by Crippen LogP contribution is 2.15. The zero-order valence-corrected chi connectivity index (χ0v) is 13.8. The molecular weight excluding hydrogens is 340 g/mol. The number of nitro benzene ring substituents is 1. The lowest BCUT2D eigenvalue weighted by molar-refractivity contribution is -0.384. The number of hydrogen-bond acceptors (Lipinski definition) is 6. The molecule has 0 saturated carbocycles. The van der Waals surface area contributed by atoms with Gasteiger partial charge >= 0.3 is 0 Å². The van der Waals surface area contributed by atoms with Crippen molar-refractivity contribution in [1.29, 1.82) is 0 Å². The zero-order valence-electron chi connectivity index (χ0n) is 13.8. The van der Waals surface area contributed by atoms with Crippen molar-refractivity contribution in [2.45, 2.75) is 6.42 Å². The van der Waals surface area contributed by atoms with Crippen molar-refractivity contribution in [2.75, 3.05) is 12.4 Å². The van der Waals surface area contributed by atoms with Gasteiger partial charge in [-0.3, -0.25) is 19.7 Å². The Balaban J connectivity index is 1.83. The number of amides is 2. The molecule has 0 aliphatic carbocycles. The number of benzene rings is 2. The number of non-ortho nitro benzene ring substituents is 1. The van der Waals surface area contributed by atoms with E-state index in [1.807, 2.05) is 0 Å². The van der Waals surface area contributed by atoms with Crippen LogP contribution in [0.3, 0.4) is 0 Å². The van der Waals surface area contributed by atoms with E-state index in [1.165, 1.54) is 31.5 Å². The first kappa shape index (κ1) is 18.6. The summed E-state index contributed by atoms with van der Waals surface area (Å²) < 4.78 is 5.01. The van der Waals surface area contributed by atoms with Gasteiger partial charge in [0.15, 0.2) is 0 Å². The number of anilines is 1. The Morgan fingerprint density at radius 1 is 1.19 bits per heavy atom. The average Bonchev–Trinajstić information content (AvgIpc) is 2.62. The predicted molar refractivity (Wildman–Crippen MR) is 95.1 cm³/mol. The van der Waals surface area contributed by atoms with Crippen molar-refractivity contribution < 1.29 is 19.2 Å². The van der Waals surface area contributed by atoms with Gasteiger partial charge in [-0.05, 0) is 24.3 Å². The van der Waals surface area contributed by atoms with Gasteiger partial charge in [-0.25, -0.2) is 5.43 Å².